The Morgan fingerprint density at radius 2 is 1.78 bits per heavy atom. The van der Waals surface area contributed by atoms with Crippen molar-refractivity contribution in [2.45, 2.75) is 52.5 Å². The number of nitrogens with one attached hydrogen (secondary N) is 1. The van der Waals surface area contributed by atoms with Gasteiger partial charge < -0.3 is 20.1 Å². The first kappa shape index (κ1) is 28.5. The number of aromatic nitrogens is 1. The standard InChI is InChI=1S/C26H29N3O4S2.Na/c1-15(2)29(25(31)18-6-4-16(3)5-7-18)21-12-22(35-23(21)26(32)33)17-8-10-19(11-9-17)28-24(30)20-13-34-14-27-20;/h8-16,18H,4-7H2,1-3H3,(H,28,30)(H,32,33);/q;+1/p-1. The zero-order chi connectivity index (χ0) is 25.1. The number of thiophene rings is 1. The van der Waals surface area contributed by atoms with Gasteiger partial charge >= 0.3 is 29.6 Å². The van der Waals surface area contributed by atoms with E-state index in [-0.39, 0.29) is 58.2 Å². The average molecular weight is 534 g/mol. The number of hydrogen-bond acceptors (Lipinski definition) is 7. The Morgan fingerprint density at radius 1 is 1.11 bits per heavy atom. The summed E-state index contributed by atoms with van der Waals surface area (Å²) in [5.41, 5.74) is 3.74. The molecule has 2 heterocycles. The Hall–Kier alpha value is -2.04. The van der Waals surface area contributed by atoms with Gasteiger partial charge in [0.05, 0.1) is 22.0 Å². The number of nitrogens with zero attached hydrogens (tertiary/aromatic N) is 2. The van der Waals surface area contributed by atoms with Crippen LogP contribution in [0.1, 0.15) is 66.6 Å². The van der Waals surface area contributed by atoms with E-state index in [1.807, 2.05) is 26.0 Å². The molecule has 7 nitrogen and oxygen atoms in total. The van der Waals surface area contributed by atoms with E-state index in [9.17, 15) is 19.5 Å². The molecule has 2 amide bonds. The molecule has 0 unspecified atom stereocenters. The molecule has 2 aromatic heterocycles. The van der Waals surface area contributed by atoms with Gasteiger partial charge in [-0.25, -0.2) is 4.98 Å². The average Bonchev–Trinajstić information content (AvgIpc) is 3.51. The van der Waals surface area contributed by atoms with Gasteiger partial charge in [0.15, 0.2) is 0 Å². The number of anilines is 2. The predicted molar refractivity (Wildman–Crippen MR) is 138 cm³/mol. The van der Waals surface area contributed by atoms with Gasteiger partial charge in [0.1, 0.15) is 5.69 Å². The molecule has 0 atom stereocenters. The second kappa shape index (κ2) is 12.5. The number of hydrogen-bond donors (Lipinski definition) is 1. The number of benzene rings is 1. The summed E-state index contributed by atoms with van der Waals surface area (Å²) in [6.07, 6.45) is 3.68. The molecular formula is C26H28N3NaO4S2. The molecule has 0 spiro atoms. The molecule has 0 aliphatic heterocycles. The number of amides is 2. The molecule has 4 rings (SSSR count). The second-order valence-corrected chi connectivity index (χ2v) is 11.0. The van der Waals surface area contributed by atoms with Crippen LogP contribution in [0.4, 0.5) is 11.4 Å². The third kappa shape index (κ3) is 6.44. The first-order valence-electron chi connectivity index (χ1n) is 11.7. The smallest absolute Gasteiger partial charge is 0.544 e. The van der Waals surface area contributed by atoms with Crippen LogP contribution in [0.25, 0.3) is 10.4 Å². The van der Waals surface area contributed by atoms with Gasteiger partial charge in [0.2, 0.25) is 5.91 Å². The van der Waals surface area contributed by atoms with Crippen LogP contribution in [0.5, 0.6) is 0 Å². The van der Waals surface area contributed by atoms with E-state index >= 15 is 0 Å². The number of carbonyl (C=O) groups is 3. The van der Waals surface area contributed by atoms with Crippen molar-refractivity contribution in [3.8, 4) is 10.4 Å². The Kier molecular flexibility index (Phi) is 9.88. The van der Waals surface area contributed by atoms with E-state index in [0.717, 1.165) is 42.6 Å². The van der Waals surface area contributed by atoms with Crippen LogP contribution in [-0.4, -0.2) is 28.8 Å². The van der Waals surface area contributed by atoms with Crippen molar-refractivity contribution in [2.75, 3.05) is 10.2 Å². The fourth-order valence-corrected chi connectivity index (χ4v) is 5.96. The number of thiazole rings is 1. The summed E-state index contributed by atoms with van der Waals surface area (Å²) in [6.45, 7) is 6.01. The fraction of sp³-hybridized carbons (Fsp3) is 0.385. The minimum atomic E-state index is -1.29. The van der Waals surface area contributed by atoms with Crippen molar-refractivity contribution < 1.29 is 49.0 Å². The largest absolute Gasteiger partial charge is 1.00 e. The van der Waals surface area contributed by atoms with E-state index in [1.165, 1.54) is 11.3 Å². The molecule has 0 saturated heterocycles. The quantitative estimate of drug-likeness (QED) is 0.469. The van der Waals surface area contributed by atoms with Gasteiger partial charge in [0.25, 0.3) is 5.91 Å². The maximum Gasteiger partial charge on any atom is 1.00 e. The molecule has 0 bridgehead atoms. The Labute approximate surface area is 241 Å². The molecule has 1 fully saturated rings. The van der Waals surface area contributed by atoms with Gasteiger partial charge in [-0.2, -0.15) is 0 Å². The van der Waals surface area contributed by atoms with Gasteiger partial charge in [-0.05, 0) is 69.2 Å². The summed E-state index contributed by atoms with van der Waals surface area (Å²) in [7, 11) is 0. The monoisotopic (exact) mass is 533 g/mol. The van der Waals surface area contributed by atoms with Crippen molar-refractivity contribution in [1.82, 2.24) is 4.98 Å². The normalized spacial score (nSPS) is 17.3. The minimum absolute atomic E-state index is 0. The SMILES string of the molecule is CC1CCC(C(=O)N(c2cc(-c3ccc(NC(=O)c4cscn4)cc3)sc2C(=O)[O-])C(C)C)CC1.[Na+]. The molecule has 1 aliphatic carbocycles. The third-order valence-corrected chi connectivity index (χ3v) is 8.11. The molecule has 36 heavy (non-hydrogen) atoms. The molecule has 184 valence electrons. The first-order chi connectivity index (χ1) is 16.7. The number of carboxylic acids is 1. The number of carbonyl (C=O) groups excluding carboxylic acids is 3. The molecule has 0 radical (unpaired) electrons. The molecule has 1 saturated carbocycles. The number of carboxylic acid groups (broad SMARTS) is 1. The summed E-state index contributed by atoms with van der Waals surface area (Å²) in [5.74, 6) is -1.07. The van der Waals surface area contributed by atoms with Crippen LogP contribution in [0.15, 0.2) is 41.2 Å². The van der Waals surface area contributed by atoms with Crippen LogP contribution in [0, 0.1) is 11.8 Å². The predicted octanol–water partition coefficient (Wildman–Crippen LogP) is 2.06. The van der Waals surface area contributed by atoms with Gasteiger partial charge in [-0.15, -0.1) is 22.7 Å². The maximum atomic E-state index is 13.5. The summed E-state index contributed by atoms with van der Waals surface area (Å²) >= 11 is 2.44. The fourth-order valence-electron chi connectivity index (χ4n) is 4.44. The summed E-state index contributed by atoms with van der Waals surface area (Å²) < 4.78 is 0. The van der Waals surface area contributed by atoms with Crippen LogP contribution < -0.4 is 44.9 Å². The van der Waals surface area contributed by atoms with Crippen molar-refractivity contribution in [3.05, 3.63) is 51.8 Å². The second-order valence-electron chi connectivity index (χ2n) is 9.28. The van der Waals surface area contributed by atoms with Crippen molar-refractivity contribution in [3.63, 3.8) is 0 Å². The van der Waals surface area contributed by atoms with Gasteiger partial charge in [-0.1, -0.05) is 19.1 Å². The molecule has 1 aromatic carbocycles. The van der Waals surface area contributed by atoms with Crippen molar-refractivity contribution in [2.24, 2.45) is 11.8 Å². The number of rotatable bonds is 7. The summed E-state index contributed by atoms with van der Waals surface area (Å²) in [5, 5.41) is 16.5. The molecule has 3 aromatic rings. The van der Waals surface area contributed by atoms with E-state index in [2.05, 4.69) is 17.2 Å². The number of aromatic carboxylic acids is 1. The summed E-state index contributed by atoms with van der Waals surface area (Å²) in [6, 6.07) is 8.72. The molecular weight excluding hydrogens is 505 g/mol. The van der Waals surface area contributed by atoms with E-state index in [4.69, 9.17) is 0 Å². The summed E-state index contributed by atoms with van der Waals surface area (Å²) in [4.78, 5) is 44.1. The van der Waals surface area contributed by atoms with Crippen LogP contribution in [0.3, 0.4) is 0 Å². The van der Waals surface area contributed by atoms with E-state index < -0.39 is 5.97 Å². The topological polar surface area (TPSA) is 102 Å². The zero-order valence-corrected chi connectivity index (χ0v) is 24.6. The molecule has 10 heteroatoms. The zero-order valence-electron chi connectivity index (χ0n) is 20.9. The van der Waals surface area contributed by atoms with E-state index in [0.29, 0.717) is 27.9 Å². The van der Waals surface area contributed by atoms with Gasteiger partial charge in [0, 0.05) is 27.9 Å². The Bertz CT molecular complexity index is 1200. The molecule has 1 aliphatic rings. The van der Waals surface area contributed by atoms with Crippen LogP contribution >= 0.6 is 22.7 Å². The van der Waals surface area contributed by atoms with Gasteiger partial charge in [-0.3, -0.25) is 9.59 Å². The van der Waals surface area contributed by atoms with Crippen molar-refractivity contribution in [1.29, 1.82) is 0 Å². The minimum Gasteiger partial charge on any atom is -0.544 e. The van der Waals surface area contributed by atoms with E-state index in [1.54, 1.807) is 34.0 Å². The van der Waals surface area contributed by atoms with Crippen LogP contribution in [0.2, 0.25) is 0 Å². The first-order valence-corrected chi connectivity index (χ1v) is 13.5. The maximum absolute atomic E-state index is 13.5. The Morgan fingerprint density at radius 3 is 2.33 bits per heavy atom. The molecule has 1 N–H and O–H groups in total. The Balaban J connectivity index is 0.00000361. The van der Waals surface area contributed by atoms with Crippen molar-refractivity contribution >= 4 is 51.8 Å². The van der Waals surface area contributed by atoms with Crippen LogP contribution in [-0.2, 0) is 4.79 Å². The third-order valence-electron chi connectivity index (χ3n) is 6.37.